The highest BCUT2D eigenvalue weighted by Gasteiger charge is 2.31. The van der Waals surface area contributed by atoms with Crippen molar-refractivity contribution in [2.45, 2.75) is 32.3 Å². The Hall–Kier alpha value is -2.21. The molecule has 1 aromatic carbocycles. The van der Waals surface area contributed by atoms with Gasteiger partial charge >= 0.3 is 0 Å². The van der Waals surface area contributed by atoms with Crippen LogP contribution in [0.15, 0.2) is 24.3 Å². The van der Waals surface area contributed by atoms with E-state index in [1.54, 1.807) is 27.8 Å². The molecule has 2 aromatic rings. The number of benzene rings is 1. The first-order valence-corrected chi connectivity index (χ1v) is 8.41. The second-order valence-electron chi connectivity index (χ2n) is 6.42. The lowest BCUT2D eigenvalue weighted by atomic mass is 10.1. The highest BCUT2D eigenvalue weighted by atomic mass is 19.1. The number of hydrogen-bond acceptors (Lipinski definition) is 3. The zero-order chi connectivity index (χ0) is 16.7. The summed E-state index contributed by atoms with van der Waals surface area (Å²) in [6, 6.07) is 6.56. The summed E-state index contributed by atoms with van der Waals surface area (Å²) < 4.78 is 21.3. The van der Waals surface area contributed by atoms with Gasteiger partial charge in [0.05, 0.1) is 12.7 Å². The molecule has 0 unspecified atom stereocenters. The van der Waals surface area contributed by atoms with Gasteiger partial charge < -0.3 is 9.64 Å². The lowest BCUT2D eigenvalue weighted by Crippen LogP contribution is -2.44. The minimum absolute atomic E-state index is 0.0319. The van der Waals surface area contributed by atoms with Crippen molar-refractivity contribution in [3.63, 3.8) is 0 Å². The lowest BCUT2D eigenvalue weighted by Gasteiger charge is -2.30. The first-order chi connectivity index (χ1) is 11.6. The third-order valence-corrected chi connectivity index (χ3v) is 4.74. The van der Waals surface area contributed by atoms with Gasteiger partial charge in [-0.25, -0.2) is 9.07 Å². The van der Waals surface area contributed by atoms with Gasteiger partial charge in [0.1, 0.15) is 11.5 Å². The Morgan fingerprint density at radius 2 is 2.17 bits per heavy atom. The molecule has 1 aliphatic heterocycles. The Bertz CT molecular complexity index is 787. The Morgan fingerprint density at radius 1 is 1.33 bits per heavy atom. The van der Waals surface area contributed by atoms with E-state index in [0.29, 0.717) is 31.1 Å². The molecule has 6 heteroatoms. The highest BCUT2D eigenvalue weighted by molar-refractivity contribution is 5.94. The highest BCUT2D eigenvalue weighted by Crippen LogP contribution is 2.29. The summed E-state index contributed by atoms with van der Waals surface area (Å²) in [5.41, 5.74) is 2.82. The van der Waals surface area contributed by atoms with Crippen molar-refractivity contribution in [1.82, 2.24) is 14.7 Å². The predicted octanol–water partition coefficient (Wildman–Crippen LogP) is 2.36. The summed E-state index contributed by atoms with van der Waals surface area (Å²) in [6.45, 7) is 3.65. The minimum Gasteiger partial charge on any atom is -0.375 e. The van der Waals surface area contributed by atoms with E-state index in [4.69, 9.17) is 4.74 Å². The van der Waals surface area contributed by atoms with Crippen LogP contribution in [0, 0.1) is 5.82 Å². The molecule has 1 atom stereocenters. The molecular weight excluding hydrogens is 309 g/mol. The van der Waals surface area contributed by atoms with Crippen LogP contribution in [-0.2, 0) is 17.6 Å². The number of amides is 1. The van der Waals surface area contributed by atoms with Crippen molar-refractivity contribution >= 4 is 5.91 Å². The molecule has 4 rings (SSSR count). The van der Waals surface area contributed by atoms with Crippen LogP contribution in [0.4, 0.5) is 4.39 Å². The Labute approximate surface area is 140 Å². The van der Waals surface area contributed by atoms with Crippen LogP contribution >= 0.6 is 0 Å². The third-order valence-electron chi connectivity index (χ3n) is 4.74. The van der Waals surface area contributed by atoms with Crippen molar-refractivity contribution in [3.8, 4) is 5.69 Å². The number of fused-ring (bicyclic) bond motifs is 1. The van der Waals surface area contributed by atoms with Gasteiger partial charge in [-0.1, -0.05) is 12.1 Å². The normalized spacial score (nSPS) is 20.2. The number of carbonyl (C=O) groups excluding carboxylic acids is 1. The van der Waals surface area contributed by atoms with E-state index < -0.39 is 0 Å². The second-order valence-corrected chi connectivity index (χ2v) is 6.42. The number of morpholine rings is 1. The number of halogens is 1. The van der Waals surface area contributed by atoms with Crippen LogP contribution in [0.25, 0.3) is 5.69 Å². The maximum Gasteiger partial charge on any atom is 0.274 e. The minimum atomic E-state index is -0.325. The van der Waals surface area contributed by atoms with Gasteiger partial charge in [0.25, 0.3) is 5.91 Å². The second kappa shape index (κ2) is 6.02. The van der Waals surface area contributed by atoms with Gasteiger partial charge in [-0.15, -0.1) is 0 Å². The molecule has 1 aliphatic carbocycles. The average Bonchev–Trinajstić information content (AvgIpc) is 3.17. The van der Waals surface area contributed by atoms with Crippen LogP contribution in [0.1, 0.15) is 35.1 Å². The molecule has 0 radical (unpaired) electrons. The van der Waals surface area contributed by atoms with Gasteiger partial charge in [-0.2, -0.15) is 5.10 Å². The average molecular weight is 329 g/mol. The molecule has 5 nitrogen and oxygen atoms in total. The van der Waals surface area contributed by atoms with Crippen molar-refractivity contribution in [2.75, 3.05) is 19.7 Å². The van der Waals surface area contributed by atoms with Crippen molar-refractivity contribution < 1.29 is 13.9 Å². The Balaban J connectivity index is 1.74. The molecule has 0 saturated carbocycles. The molecule has 2 aliphatic rings. The fourth-order valence-electron chi connectivity index (χ4n) is 3.58. The van der Waals surface area contributed by atoms with Crippen molar-refractivity contribution in [2.24, 2.45) is 0 Å². The monoisotopic (exact) mass is 329 g/mol. The van der Waals surface area contributed by atoms with Crippen LogP contribution in [-0.4, -0.2) is 46.4 Å². The predicted molar refractivity (Wildman–Crippen MR) is 86.9 cm³/mol. The van der Waals surface area contributed by atoms with E-state index in [9.17, 15) is 9.18 Å². The molecule has 1 fully saturated rings. The molecule has 1 amide bonds. The Morgan fingerprint density at radius 3 is 2.96 bits per heavy atom. The number of aromatic nitrogens is 2. The molecule has 0 N–H and O–H groups in total. The van der Waals surface area contributed by atoms with Crippen molar-refractivity contribution in [1.29, 1.82) is 0 Å². The van der Waals surface area contributed by atoms with Crippen LogP contribution in [0.5, 0.6) is 0 Å². The molecule has 1 saturated heterocycles. The van der Waals surface area contributed by atoms with E-state index >= 15 is 0 Å². The number of nitrogens with zero attached hydrogens (tertiary/aromatic N) is 3. The maximum absolute atomic E-state index is 14.2. The zero-order valence-corrected chi connectivity index (χ0v) is 13.7. The number of para-hydroxylation sites is 1. The summed E-state index contributed by atoms with van der Waals surface area (Å²) in [5, 5.41) is 4.51. The third kappa shape index (κ3) is 2.51. The van der Waals surface area contributed by atoms with E-state index in [1.165, 1.54) is 6.07 Å². The number of hydrogen-bond donors (Lipinski definition) is 0. The summed E-state index contributed by atoms with van der Waals surface area (Å²) in [6.07, 6.45) is 2.65. The molecule has 2 heterocycles. The fraction of sp³-hybridized carbons (Fsp3) is 0.444. The molecule has 24 heavy (non-hydrogen) atoms. The summed E-state index contributed by atoms with van der Waals surface area (Å²) in [7, 11) is 0. The maximum atomic E-state index is 14.2. The summed E-state index contributed by atoms with van der Waals surface area (Å²) >= 11 is 0. The summed E-state index contributed by atoms with van der Waals surface area (Å²) in [4.78, 5) is 14.7. The van der Waals surface area contributed by atoms with Gasteiger partial charge in [0.2, 0.25) is 0 Å². The van der Waals surface area contributed by atoms with Gasteiger partial charge in [0, 0.05) is 24.3 Å². The van der Waals surface area contributed by atoms with Crippen LogP contribution in [0.2, 0.25) is 0 Å². The molecular formula is C18H20FN3O2. The topological polar surface area (TPSA) is 47.4 Å². The largest absolute Gasteiger partial charge is 0.375 e. The van der Waals surface area contributed by atoms with E-state index in [1.807, 2.05) is 6.92 Å². The van der Waals surface area contributed by atoms with Crippen LogP contribution < -0.4 is 0 Å². The first-order valence-electron chi connectivity index (χ1n) is 8.41. The van der Waals surface area contributed by atoms with E-state index in [-0.39, 0.29) is 17.8 Å². The molecule has 0 spiro atoms. The quantitative estimate of drug-likeness (QED) is 0.850. The molecule has 0 bridgehead atoms. The van der Waals surface area contributed by atoms with Gasteiger partial charge in [-0.3, -0.25) is 4.79 Å². The molecule has 1 aromatic heterocycles. The van der Waals surface area contributed by atoms with Gasteiger partial charge in [-0.05, 0) is 38.3 Å². The number of rotatable bonds is 2. The van der Waals surface area contributed by atoms with Crippen molar-refractivity contribution in [3.05, 3.63) is 47.0 Å². The first kappa shape index (κ1) is 15.3. The van der Waals surface area contributed by atoms with Gasteiger partial charge in [0.15, 0.2) is 5.69 Å². The number of ether oxygens (including phenoxy) is 1. The lowest BCUT2D eigenvalue weighted by molar-refractivity contribution is -0.0126. The Kier molecular flexibility index (Phi) is 3.84. The van der Waals surface area contributed by atoms with E-state index in [2.05, 4.69) is 5.10 Å². The standard InChI is InChI=1S/C18H20FN3O2/c1-12-11-21(9-10-24-12)18(23)17-13-5-4-8-15(13)22(20-17)16-7-3-2-6-14(16)19/h2-3,6-7,12H,4-5,8-11H2,1H3/t12-/m0/s1. The number of carbonyl (C=O) groups is 1. The smallest absolute Gasteiger partial charge is 0.274 e. The SMILES string of the molecule is C[C@H]1CN(C(=O)c2nn(-c3ccccc3F)c3c2CCC3)CCO1. The zero-order valence-electron chi connectivity index (χ0n) is 13.7. The molecule has 126 valence electrons. The van der Waals surface area contributed by atoms with E-state index in [0.717, 1.165) is 30.5 Å². The summed E-state index contributed by atoms with van der Waals surface area (Å²) in [5.74, 6) is -0.396. The van der Waals surface area contributed by atoms with Crippen LogP contribution in [0.3, 0.4) is 0 Å². The fourth-order valence-corrected chi connectivity index (χ4v) is 3.58.